The Kier molecular flexibility index (Phi) is 3.30. The van der Waals surface area contributed by atoms with Crippen molar-refractivity contribution in [3.63, 3.8) is 0 Å². The summed E-state index contributed by atoms with van der Waals surface area (Å²) in [5.41, 5.74) is 1.22. The van der Waals surface area contributed by atoms with Crippen LogP contribution in [0, 0.1) is 0 Å². The summed E-state index contributed by atoms with van der Waals surface area (Å²) in [6.45, 7) is 4.68. The van der Waals surface area contributed by atoms with Crippen molar-refractivity contribution >= 4 is 43.5 Å². The minimum absolute atomic E-state index is 0. The summed E-state index contributed by atoms with van der Waals surface area (Å²) in [5, 5.41) is 16.8. The fraction of sp³-hybridized carbons (Fsp3) is 0.409. The summed E-state index contributed by atoms with van der Waals surface area (Å²) < 4.78 is 4.41. The minimum Gasteiger partial charge on any atom is -0.147 e. The molecule has 1 aliphatic carbocycles. The van der Waals surface area contributed by atoms with Gasteiger partial charge in [-0.15, -0.1) is 24.8 Å². The number of aromatic amines is 1. The van der Waals surface area contributed by atoms with E-state index in [2.05, 4.69) is 98.8 Å². The molecule has 2 aromatic rings. The molecular weight excluding hydrogens is 397 g/mol. The third-order valence-corrected chi connectivity index (χ3v) is 34.8. The van der Waals surface area contributed by atoms with Crippen LogP contribution in [0.15, 0.2) is 52.4 Å². The van der Waals surface area contributed by atoms with Crippen LogP contribution in [0.1, 0.15) is 20.3 Å². The molecule has 0 unspecified atom stereocenters. The van der Waals surface area contributed by atoms with Crippen LogP contribution in [0.4, 0.5) is 0 Å². The molecule has 26 heavy (non-hydrogen) atoms. The average molecular weight is 434 g/mol. The first-order chi connectivity index (χ1) is 10.3. The predicted octanol–water partition coefficient (Wildman–Crippen LogP) is 7.81. The van der Waals surface area contributed by atoms with Crippen molar-refractivity contribution in [2.75, 3.05) is 0 Å². The molecule has 0 fully saturated rings. The van der Waals surface area contributed by atoms with E-state index in [0.717, 1.165) is 6.42 Å². The van der Waals surface area contributed by atoms with Gasteiger partial charge in [-0.05, 0) is 0 Å². The Morgan fingerprint density at radius 3 is 1.96 bits per heavy atom. The Hall–Kier alpha value is -0.596. The van der Waals surface area contributed by atoms with Gasteiger partial charge in [0, 0.05) is 0 Å². The van der Waals surface area contributed by atoms with Crippen LogP contribution in [-0.2, 0) is 9.71 Å². The van der Waals surface area contributed by atoms with E-state index in [9.17, 15) is 0 Å². The molecule has 1 aliphatic rings. The molecule has 1 aromatic heterocycles. The molecule has 3 rings (SSSR count). The van der Waals surface area contributed by atoms with E-state index in [0.29, 0.717) is 0 Å². The second-order valence-corrected chi connectivity index (χ2v) is 59.0. The fourth-order valence-electron chi connectivity index (χ4n) is 4.52. The number of benzene rings is 1. The fourth-order valence-corrected chi connectivity index (χ4v) is 14.7. The molecule has 148 valence electrons. The third kappa shape index (κ3) is 2.18. The van der Waals surface area contributed by atoms with Gasteiger partial charge in [0.05, 0.1) is 0 Å². The zero-order valence-electron chi connectivity index (χ0n) is 17.6. The molecule has 1 nitrogen and oxygen atoms in total. The van der Waals surface area contributed by atoms with E-state index in [4.69, 9.17) is 0 Å². The number of rotatable bonds is 2. The first-order valence-corrected chi connectivity index (χ1v) is 21.1. The van der Waals surface area contributed by atoms with E-state index in [1.807, 2.05) is 0 Å². The second-order valence-electron chi connectivity index (χ2n) is 17.0. The van der Waals surface area contributed by atoms with Gasteiger partial charge < -0.3 is 0 Å². The van der Waals surface area contributed by atoms with Crippen LogP contribution < -0.4 is 4.00 Å². The maximum absolute atomic E-state index is 5.36. The smallest absolute Gasteiger partial charge is 0.147 e. The summed E-state index contributed by atoms with van der Waals surface area (Å²) in [6, 6.07) is 11.0. The van der Waals surface area contributed by atoms with Crippen LogP contribution in [-0.4, -0.2) is 8.80 Å². The number of aromatic nitrogens is 1. The summed E-state index contributed by atoms with van der Waals surface area (Å²) in [4.78, 5) is 3.88. The van der Waals surface area contributed by atoms with E-state index in [1.54, 1.807) is 3.88 Å². The first-order valence-electron chi connectivity index (χ1n) is 9.37. The largest absolute Gasteiger partial charge is 0.147 e. The molecule has 1 aromatic carbocycles. The van der Waals surface area contributed by atoms with Gasteiger partial charge >= 0.3 is 137 Å². The topological polar surface area (TPSA) is 15.8 Å². The number of halogens is 2. The number of allylic oxidation sites excluding steroid dienone is 4. The summed E-state index contributed by atoms with van der Waals surface area (Å²) >= 11 is 0. The molecule has 0 aliphatic heterocycles. The molecule has 0 radical (unpaired) electrons. The van der Waals surface area contributed by atoms with Gasteiger partial charge in [-0.2, -0.15) is 0 Å². The minimum atomic E-state index is -5.36. The zero-order chi connectivity index (χ0) is 18.3. The number of hydrogen-bond donors (Lipinski definition) is 1. The van der Waals surface area contributed by atoms with Crippen molar-refractivity contribution in [2.24, 2.45) is 0 Å². The Bertz CT molecular complexity index is 1130. The molecule has 0 amide bonds. The average Bonchev–Trinajstić information content (AvgIpc) is 3.08. The van der Waals surface area contributed by atoms with Crippen LogP contribution in [0.2, 0.25) is 31.4 Å². The maximum atomic E-state index is 3.88. The van der Waals surface area contributed by atoms with Crippen molar-refractivity contribution in [3.8, 4) is 0 Å². The number of nitrogens with one attached hydrogen (secondary N) is 1. The Balaban J connectivity index is 0.00000169. The van der Waals surface area contributed by atoms with Gasteiger partial charge in [0.25, 0.3) is 0 Å². The Labute approximate surface area is 161 Å². The van der Waals surface area contributed by atoms with Crippen molar-refractivity contribution in [3.05, 3.63) is 52.4 Å². The summed E-state index contributed by atoms with van der Waals surface area (Å²) in [5.74, 6) is 0. The van der Waals surface area contributed by atoms with Gasteiger partial charge in [0.15, 0.2) is 0 Å². The zero-order valence-corrected chi connectivity index (χ0v) is 20.8. The van der Waals surface area contributed by atoms with Crippen molar-refractivity contribution in [1.29, 1.82) is 0 Å². The number of hydrogen-bond acceptors (Lipinski definition) is 0. The molecule has 0 saturated carbocycles. The van der Waals surface area contributed by atoms with Crippen LogP contribution >= 0.6 is 24.8 Å². The van der Waals surface area contributed by atoms with Gasteiger partial charge in [0.2, 0.25) is 0 Å². The summed E-state index contributed by atoms with van der Waals surface area (Å²) in [6.07, 6.45) is 7.92. The van der Waals surface area contributed by atoms with E-state index < -0.39 is 9.71 Å². The van der Waals surface area contributed by atoms with Crippen LogP contribution in [0.3, 0.4) is 0 Å². The molecule has 1 heterocycles. The molecule has 0 bridgehead atoms. The van der Waals surface area contributed by atoms with Crippen LogP contribution in [0.25, 0.3) is 10.9 Å². The quantitative estimate of drug-likeness (QED) is 0.464. The summed E-state index contributed by atoms with van der Waals surface area (Å²) in [7, 11) is -5.36. The monoisotopic (exact) mass is 433 g/mol. The third-order valence-electron chi connectivity index (χ3n) is 9.93. The SMILES string of the molecule is C[C](C)=[Ti]([CH3])([CH3])([CH3])([CH3])([CH3])([CH3])([C]1=CC=CC1)[c]1cc2ccccc2[nH]1.Cl.Cl. The molecule has 1 N–H and O–H groups in total. The van der Waals surface area contributed by atoms with Gasteiger partial charge in [-0.25, -0.2) is 0 Å². The second kappa shape index (κ2) is 3.66. The predicted molar refractivity (Wildman–Crippen MR) is 126 cm³/mol. The van der Waals surface area contributed by atoms with Crippen LogP contribution in [0.5, 0.6) is 0 Å². The number of fused-ring (bicyclic) bond motifs is 1. The van der Waals surface area contributed by atoms with Gasteiger partial charge in [-0.3, -0.25) is 0 Å². The van der Waals surface area contributed by atoms with E-state index >= 15 is 0 Å². The van der Waals surface area contributed by atoms with Crippen molar-refractivity contribution in [1.82, 2.24) is 4.98 Å². The standard InChI is InChI=1S/C8H6N.C5H5.C3H6.6CH3.2ClH.Ti/c1-2-4-8-7(3-1)5-6-9-8;1-2-4-5-3-1;1-3-2;;;;;;;;;/h1-5,9H;1-3H,4H2;1-2H3;6*1H3;2*1H;. The van der Waals surface area contributed by atoms with Gasteiger partial charge in [-0.1, -0.05) is 0 Å². The first kappa shape index (κ1) is 23.4. The van der Waals surface area contributed by atoms with Crippen molar-refractivity contribution < 1.29 is 9.71 Å². The molecule has 0 spiro atoms. The number of H-pyrrole nitrogens is 1. The maximum Gasteiger partial charge on any atom is -0.147 e. The van der Waals surface area contributed by atoms with Gasteiger partial charge in [0.1, 0.15) is 0 Å². The molecular formula is C22H37Cl2NTi. The number of para-hydroxylation sites is 1. The molecule has 0 atom stereocenters. The Morgan fingerprint density at radius 2 is 1.50 bits per heavy atom. The molecule has 0 saturated heterocycles. The molecule has 4 heteroatoms. The van der Waals surface area contributed by atoms with E-state index in [1.165, 1.54) is 18.7 Å². The normalized spacial score (nSPS) is 22.2. The van der Waals surface area contributed by atoms with E-state index in [-0.39, 0.29) is 24.8 Å². The Morgan fingerprint density at radius 1 is 0.923 bits per heavy atom. The van der Waals surface area contributed by atoms with Crippen molar-refractivity contribution in [2.45, 2.75) is 51.6 Å².